The van der Waals surface area contributed by atoms with E-state index in [4.69, 9.17) is 14.2 Å². The number of carbonyl (C=O) groups is 1. The lowest BCUT2D eigenvalue weighted by atomic mass is 9.93. The van der Waals surface area contributed by atoms with Crippen LogP contribution in [0.5, 0.6) is 0 Å². The van der Waals surface area contributed by atoms with Crippen molar-refractivity contribution in [1.29, 1.82) is 0 Å². The summed E-state index contributed by atoms with van der Waals surface area (Å²) in [7, 11) is 3.10. The quantitative estimate of drug-likeness (QED) is 0.686. The molecule has 0 radical (unpaired) electrons. The molecule has 4 nitrogen and oxygen atoms in total. The molecule has 0 aliphatic rings. The first kappa shape index (κ1) is 16.4. The van der Waals surface area contributed by atoms with Crippen molar-refractivity contribution in [3.8, 4) is 0 Å². The molecule has 1 rings (SSSR count). The van der Waals surface area contributed by atoms with Crippen molar-refractivity contribution in [2.24, 2.45) is 5.41 Å². The van der Waals surface area contributed by atoms with E-state index in [0.29, 0.717) is 0 Å². The van der Waals surface area contributed by atoms with E-state index >= 15 is 0 Å². The van der Waals surface area contributed by atoms with Crippen molar-refractivity contribution in [2.75, 3.05) is 27.4 Å². The van der Waals surface area contributed by atoms with E-state index in [1.807, 2.05) is 24.3 Å². The fourth-order valence-corrected chi connectivity index (χ4v) is 1.87. The van der Waals surface area contributed by atoms with Gasteiger partial charge in [-0.2, -0.15) is 0 Å². The molecule has 0 spiro atoms. The average molecular weight is 278 g/mol. The SMILES string of the molecule is C=Cc1ccc(COC(=O)C(C)(COC)COC)cc1. The van der Waals surface area contributed by atoms with Crippen LogP contribution in [-0.2, 0) is 25.6 Å². The first-order chi connectivity index (χ1) is 9.55. The minimum absolute atomic E-state index is 0.235. The molecular weight excluding hydrogens is 256 g/mol. The van der Waals surface area contributed by atoms with Crippen molar-refractivity contribution < 1.29 is 19.0 Å². The molecule has 0 fully saturated rings. The van der Waals surface area contributed by atoms with E-state index in [1.54, 1.807) is 27.2 Å². The van der Waals surface area contributed by atoms with Crippen LogP contribution in [0.4, 0.5) is 0 Å². The zero-order valence-electron chi connectivity index (χ0n) is 12.3. The zero-order valence-corrected chi connectivity index (χ0v) is 12.3. The molecule has 0 aliphatic carbocycles. The van der Waals surface area contributed by atoms with Crippen molar-refractivity contribution in [3.63, 3.8) is 0 Å². The lowest BCUT2D eigenvalue weighted by Gasteiger charge is -2.25. The van der Waals surface area contributed by atoms with Gasteiger partial charge in [-0.25, -0.2) is 0 Å². The summed E-state index contributed by atoms with van der Waals surface area (Å²) in [5.74, 6) is -0.325. The molecular formula is C16H22O4. The lowest BCUT2D eigenvalue weighted by Crippen LogP contribution is -2.38. The number of carbonyl (C=O) groups excluding carboxylic acids is 1. The average Bonchev–Trinajstić information content (AvgIpc) is 2.45. The number of rotatable bonds is 8. The monoisotopic (exact) mass is 278 g/mol. The molecule has 0 aliphatic heterocycles. The molecule has 0 atom stereocenters. The van der Waals surface area contributed by atoms with Crippen LogP contribution < -0.4 is 0 Å². The van der Waals surface area contributed by atoms with E-state index in [-0.39, 0.29) is 25.8 Å². The Morgan fingerprint density at radius 1 is 1.20 bits per heavy atom. The number of ether oxygens (including phenoxy) is 3. The Labute approximate surface area is 120 Å². The van der Waals surface area contributed by atoms with Gasteiger partial charge in [0, 0.05) is 14.2 Å². The maximum absolute atomic E-state index is 12.1. The highest BCUT2D eigenvalue weighted by atomic mass is 16.5. The Bertz CT molecular complexity index is 430. The summed E-state index contributed by atoms with van der Waals surface area (Å²) in [6.07, 6.45) is 1.77. The minimum atomic E-state index is -0.787. The third-order valence-corrected chi connectivity index (χ3v) is 3.00. The van der Waals surface area contributed by atoms with E-state index in [2.05, 4.69) is 6.58 Å². The van der Waals surface area contributed by atoms with E-state index < -0.39 is 5.41 Å². The van der Waals surface area contributed by atoms with Crippen LogP contribution in [0.25, 0.3) is 6.08 Å². The molecule has 0 amide bonds. The molecule has 1 aromatic rings. The first-order valence-corrected chi connectivity index (χ1v) is 6.42. The predicted molar refractivity (Wildman–Crippen MR) is 78.2 cm³/mol. The van der Waals surface area contributed by atoms with Crippen LogP contribution in [0.1, 0.15) is 18.1 Å². The third-order valence-electron chi connectivity index (χ3n) is 3.00. The molecule has 0 bridgehead atoms. The first-order valence-electron chi connectivity index (χ1n) is 6.42. The van der Waals surface area contributed by atoms with Gasteiger partial charge in [0.25, 0.3) is 0 Å². The van der Waals surface area contributed by atoms with E-state index in [0.717, 1.165) is 11.1 Å². The third kappa shape index (κ3) is 4.47. The van der Waals surface area contributed by atoms with Crippen molar-refractivity contribution in [3.05, 3.63) is 42.0 Å². The number of esters is 1. The summed E-state index contributed by atoms with van der Waals surface area (Å²) >= 11 is 0. The second-order valence-electron chi connectivity index (χ2n) is 4.95. The van der Waals surface area contributed by atoms with Crippen molar-refractivity contribution in [2.45, 2.75) is 13.5 Å². The standard InChI is InChI=1S/C16H22O4/c1-5-13-6-8-14(9-7-13)10-20-15(17)16(2,11-18-3)12-19-4/h5-9H,1,10-12H2,2-4H3. The van der Waals surface area contributed by atoms with Gasteiger partial charge in [0.15, 0.2) is 0 Å². The van der Waals surface area contributed by atoms with Gasteiger partial charge in [0.05, 0.1) is 13.2 Å². The Morgan fingerprint density at radius 2 is 1.75 bits per heavy atom. The molecule has 110 valence electrons. The molecule has 20 heavy (non-hydrogen) atoms. The summed E-state index contributed by atoms with van der Waals surface area (Å²) in [5, 5.41) is 0. The Hall–Kier alpha value is -1.65. The fraction of sp³-hybridized carbons (Fsp3) is 0.438. The number of methoxy groups -OCH3 is 2. The number of benzene rings is 1. The second-order valence-corrected chi connectivity index (χ2v) is 4.95. The zero-order chi connectivity index (χ0) is 15.0. The normalized spacial score (nSPS) is 11.2. The maximum Gasteiger partial charge on any atom is 0.316 e. The van der Waals surface area contributed by atoms with Gasteiger partial charge in [0.1, 0.15) is 12.0 Å². The Morgan fingerprint density at radius 3 is 2.20 bits per heavy atom. The van der Waals surface area contributed by atoms with Crippen LogP contribution in [0.2, 0.25) is 0 Å². The molecule has 0 saturated carbocycles. The van der Waals surface area contributed by atoms with Crippen LogP contribution in [0.15, 0.2) is 30.8 Å². The highest BCUT2D eigenvalue weighted by Gasteiger charge is 2.35. The van der Waals surface area contributed by atoms with Gasteiger partial charge in [-0.15, -0.1) is 0 Å². The van der Waals surface area contributed by atoms with Crippen molar-refractivity contribution in [1.82, 2.24) is 0 Å². The molecule has 0 unspecified atom stereocenters. The molecule has 0 saturated heterocycles. The van der Waals surface area contributed by atoms with Gasteiger partial charge in [0.2, 0.25) is 0 Å². The Kier molecular flexibility index (Phi) is 6.42. The van der Waals surface area contributed by atoms with Crippen LogP contribution in [-0.4, -0.2) is 33.4 Å². The van der Waals surface area contributed by atoms with Crippen LogP contribution in [0.3, 0.4) is 0 Å². The van der Waals surface area contributed by atoms with Crippen LogP contribution in [0, 0.1) is 5.41 Å². The lowest BCUT2D eigenvalue weighted by molar-refractivity contribution is -0.163. The molecule has 0 aromatic heterocycles. The predicted octanol–water partition coefficient (Wildman–Crippen LogP) is 2.67. The largest absolute Gasteiger partial charge is 0.460 e. The Balaban J connectivity index is 2.61. The summed E-state index contributed by atoms with van der Waals surface area (Å²) in [5.41, 5.74) is 1.18. The van der Waals surface area contributed by atoms with Crippen molar-refractivity contribution >= 4 is 12.0 Å². The summed E-state index contributed by atoms with van der Waals surface area (Å²) in [6, 6.07) is 7.68. The second kappa shape index (κ2) is 7.82. The molecule has 1 aromatic carbocycles. The van der Waals surface area contributed by atoms with Gasteiger partial charge in [-0.05, 0) is 18.1 Å². The summed E-state index contributed by atoms with van der Waals surface area (Å²) in [6.45, 7) is 6.22. The highest BCUT2D eigenvalue weighted by Crippen LogP contribution is 2.20. The summed E-state index contributed by atoms with van der Waals surface area (Å²) < 4.78 is 15.5. The van der Waals surface area contributed by atoms with Gasteiger partial charge >= 0.3 is 5.97 Å². The minimum Gasteiger partial charge on any atom is -0.460 e. The number of hydrogen-bond donors (Lipinski definition) is 0. The maximum atomic E-state index is 12.1. The molecule has 4 heteroatoms. The van der Waals surface area contributed by atoms with Crippen LogP contribution >= 0.6 is 0 Å². The smallest absolute Gasteiger partial charge is 0.316 e. The highest BCUT2D eigenvalue weighted by molar-refractivity contribution is 5.76. The van der Waals surface area contributed by atoms with Gasteiger partial charge in [-0.3, -0.25) is 4.79 Å². The van der Waals surface area contributed by atoms with E-state index in [1.165, 1.54) is 0 Å². The van der Waals surface area contributed by atoms with Gasteiger partial charge in [-0.1, -0.05) is 36.9 Å². The molecule has 0 heterocycles. The van der Waals surface area contributed by atoms with E-state index in [9.17, 15) is 4.79 Å². The fourth-order valence-electron chi connectivity index (χ4n) is 1.87. The molecule has 0 N–H and O–H groups in total. The number of hydrogen-bond acceptors (Lipinski definition) is 4. The topological polar surface area (TPSA) is 44.8 Å². The van der Waals surface area contributed by atoms with Gasteiger partial charge < -0.3 is 14.2 Å². The summed E-state index contributed by atoms with van der Waals surface area (Å²) in [4.78, 5) is 12.1.